The van der Waals surface area contributed by atoms with E-state index in [0.29, 0.717) is 17.0 Å². The summed E-state index contributed by atoms with van der Waals surface area (Å²) in [6.45, 7) is 5.56. The number of anilines is 1. The Morgan fingerprint density at radius 3 is 2.30 bits per heavy atom. The summed E-state index contributed by atoms with van der Waals surface area (Å²) in [5.41, 5.74) is 2.90. The van der Waals surface area contributed by atoms with Crippen molar-refractivity contribution in [1.82, 2.24) is 5.32 Å². The first kappa shape index (κ1) is 21.1. The Morgan fingerprint density at radius 1 is 0.867 bits per heavy atom. The van der Waals surface area contributed by atoms with E-state index in [1.807, 2.05) is 68.4 Å². The minimum atomic E-state index is -0.717. The average Bonchev–Trinajstić information content (AvgIpc) is 2.74. The third-order valence-electron chi connectivity index (χ3n) is 4.75. The maximum atomic E-state index is 12.8. The van der Waals surface area contributed by atoms with E-state index in [9.17, 15) is 9.59 Å². The smallest absolute Gasteiger partial charge is 0.265 e. The van der Waals surface area contributed by atoms with Crippen molar-refractivity contribution in [2.75, 3.05) is 5.32 Å². The lowest BCUT2D eigenvalue weighted by Crippen LogP contribution is -2.32. The van der Waals surface area contributed by atoms with Crippen molar-refractivity contribution in [1.29, 1.82) is 0 Å². The van der Waals surface area contributed by atoms with Gasteiger partial charge in [0.05, 0.1) is 17.3 Å². The van der Waals surface area contributed by atoms with Crippen molar-refractivity contribution in [3.05, 3.63) is 95.6 Å². The van der Waals surface area contributed by atoms with Gasteiger partial charge < -0.3 is 15.4 Å². The van der Waals surface area contributed by atoms with Gasteiger partial charge in [0.1, 0.15) is 5.75 Å². The van der Waals surface area contributed by atoms with E-state index >= 15 is 0 Å². The molecule has 30 heavy (non-hydrogen) atoms. The van der Waals surface area contributed by atoms with Gasteiger partial charge in [0.2, 0.25) is 0 Å². The fourth-order valence-corrected chi connectivity index (χ4v) is 3.07. The van der Waals surface area contributed by atoms with Gasteiger partial charge in [-0.3, -0.25) is 9.59 Å². The van der Waals surface area contributed by atoms with Crippen molar-refractivity contribution in [2.24, 2.45) is 0 Å². The first-order valence-corrected chi connectivity index (χ1v) is 9.93. The molecule has 0 aliphatic carbocycles. The van der Waals surface area contributed by atoms with Crippen LogP contribution in [0.5, 0.6) is 5.75 Å². The predicted octanol–water partition coefficient (Wildman–Crippen LogP) is 4.89. The molecule has 0 bridgehead atoms. The molecule has 2 atom stereocenters. The summed E-state index contributed by atoms with van der Waals surface area (Å²) in [7, 11) is 0. The highest BCUT2D eigenvalue weighted by atomic mass is 16.5. The van der Waals surface area contributed by atoms with Gasteiger partial charge in [0.25, 0.3) is 11.8 Å². The number of carbonyl (C=O) groups excluding carboxylic acids is 2. The summed E-state index contributed by atoms with van der Waals surface area (Å²) in [6, 6.07) is 24.0. The molecule has 0 spiro atoms. The molecule has 0 aliphatic rings. The second kappa shape index (κ2) is 9.74. The molecular weight excluding hydrogens is 376 g/mol. The maximum Gasteiger partial charge on any atom is 0.265 e. The largest absolute Gasteiger partial charge is 0.481 e. The molecule has 0 radical (unpaired) electrons. The van der Waals surface area contributed by atoms with Crippen molar-refractivity contribution in [3.63, 3.8) is 0 Å². The van der Waals surface area contributed by atoms with Crippen LogP contribution in [0.3, 0.4) is 0 Å². The Balaban J connectivity index is 1.68. The molecule has 5 nitrogen and oxygen atoms in total. The fourth-order valence-electron chi connectivity index (χ4n) is 3.07. The number of para-hydroxylation sites is 1. The van der Waals surface area contributed by atoms with Gasteiger partial charge in [-0.25, -0.2) is 0 Å². The highest BCUT2D eigenvalue weighted by Crippen LogP contribution is 2.19. The van der Waals surface area contributed by atoms with Crippen molar-refractivity contribution in [2.45, 2.75) is 32.9 Å². The zero-order valence-corrected chi connectivity index (χ0v) is 17.4. The van der Waals surface area contributed by atoms with E-state index in [-0.39, 0.29) is 17.9 Å². The van der Waals surface area contributed by atoms with Gasteiger partial charge in [-0.2, -0.15) is 0 Å². The van der Waals surface area contributed by atoms with Crippen LogP contribution in [-0.4, -0.2) is 17.9 Å². The molecule has 2 N–H and O–H groups in total. The summed E-state index contributed by atoms with van der Waals surface area (Å²) in [5.74, 6) is 0.0442. The second-order valence-electron chi connectivity index (χ2n) is 7.22. The Morgan fingerprint density at radius 2 is 1.57 bits per heavy atom. The van der Waals surface area contributed by atoms with Crippen LogP contribution in [0.1, 0.15) is 41.4 Å². The standard InChI is InChI=1S/C25H26N2O3/c1-17-10-9-13-21(16-17)30-19(3)24(28)27-23-15-8-7-14-22(23)25(29)26-18(2)20-11-5-4-6-12-20/h4-16,18-19H,1-3H3,(H,26,29)(H,27,28). The number of ether oxygens (including phenoxy) is 1. The number of hydrogen-bond acceptors (Lipinski definition) is 3. The molecule has 2 amide bonds. The maximum absolute atomic E-state index is 12.8. The number of amides is 2. The normalized spacial score (nSPS) is 12.5. The number of benzene rings is 3. The van der Waals surface area contributed by atoms with Crippen LogP contribution in [0, 0.1) is 6.92 Å². The number of aryl methyl sites for hydroxylation is 1. The Bertz CT molecular complexity index is 1020. The van der Waals surface area contributed by atoms with Crippen LogP contribution in [0.15, 0.2) is 78.9 Å². The lowest BCUT2D eigenvalue weighted by molar-refractivity contribution is -0.122. The number of nitrogens with one attached hydrogen (secondary N) is 2. The fraction of sp³-hybridized carbons (Fsp3) is 0.200. The van der Waals surface area contributed by atoms with Gasteiger partial charge >= 0.3 is 0 Å². The SMILES string of the molecule is Cc1cccc(OC(C)C(=O)Nc2ccccc2C(=O)NC(C)c2ccccc2)c1. The van der Waals surface area contributed by atoms with E-state index in [1.165, 1.54) is 0 Å². The van der Waals surface area contributed by atoms with Crippen molar-refractivity contribution >= 4 is 17.5 Å². The number of hydrogen-bond donors (Lipinski definition) is 2. The van der Waals surface area contributed by atoms with E-state index < -0.39 is 6.10 Å². The molecule has 3 aromatic carbocycles. The third kappa shape index (κ3) is 5.47. The number of rotatable bonds is 7. The highest BCUT2D eigenvalue weighted by molar-refractivity contribution is 6.04. The lowest BCUT2D eigenvalue weighted by Gasteiger charge is -2.18. The predicted molar refractivity (Wildman–Crippen MR) is 119 cm³/mol. The van der Waals surface area contributed by atoms with Crippen LogP contribution in [-0.2, 0) is 4.79 Å². The summed E-state index contributed by atoms with van der Waals surface area (Å²) in [5, 5.41) is 5.79. The van der Waals surface area contributed by atoms with E-state index in [0.717, 1.165) is 11.1 Å². The lowest BCUT2D eigenvalue weighted by atomic mass is 10.1. The first-order valence-electron chi connectivity index (χ1n) is 9.93. The second-order valence-corrected chi connectivity index (χ2v) is 7.22. The van der Waals surface area contributed by atoms with Crippen LogP contribution in [0.25, 0.3) is 0 Å². The number of carbonyl (C=O) groups is 2. The van der Waals surface area contributed by atoms with Crippen LogP contribution >= 0.6 is 0 Å². The molecule has 3 rings (SSSR count). The molecule has 0 heterocycles. The van der Waals surface area contributed by atoms with Crippen LogP contribution in [0.4, 0.5) is 5.69 Å². The average molecular weight is 402 g/mol. The molecule has 5 heteroatoms. The van der Waals surface area contributed by atoms with Gasteiger partial charge in [0, 0.05) is 0 Å². The molecule has 2 unspecified atom stereocenters. The van der Waals surface area contributed by atoms with Crippen LogP contribution < -0.4 is 15.4 Å². The summed E-state index contributed by atoms with van der Waals surface area (Å²) >= 11 is 0. The topological polar surface area (TPSA) is 67.4 Å². The summed E-state index contributed by atoms with van der Waals surface area (Å²) in [4.78, 5) is 25.5. The molecule has 3 aromatic rings. The first-order chi connectivity index (χ1) is 14.4. The zero-order valence-electron chi connectivity index (χ0n) is 17.4. The van der Waals surface area contributed by atoms with Crippen LogP contribution in [0.2, 0.25) is 0 Å². The van der Waals surface area contributed by atoms with Crippen molar-refractivity contribution in [3.8, 4) is 5.75 Å². The van der Waals surface area contributed by atoms with Gasteiger partial charge in [-0.15, -0.1) is 0 Å². The molecule has 0 aliphatic heterocycles. The van der Waals surface area contributed by atoms with E-state index in [4.69, 9.17) is 4.74 Å². The minimum Gasteiger partial charge on any atom is -0.481 e. The molecule has 154 valence electrons. The molecule has 0 aromatic heterocycles. The Hall–Kier alpha value is -3.60. The molecule has 0 saturated heterocycles. The minimum absolute atomic E-state index is 0.161. The molecule has 0 fully saturated rings. The third-order valence-corrected chi connectivity index (χ3v) is 4.75. The van der Waals surface area contributed by atoms with Gasteiger partial charge in [-0.1, -0.05) is 54.6 Å². The zero-order chi connectivity index (χ0) is 21.5. The summed E-state index contributed by atoms with van der Waals surface area (Å²) < 4.78 is 5.74. The Labute approximate surface area is 177 Å². The van der Waals surface area contributed by atoms with Gasteiger partial charge in [0.15, 0.2) is 6.10 Å². The summed E-state index contributed by atoms with van der Waals surface area (Å²) in [6.07, 6.45) is -0.717. The quantitative estimate of drug-likeness (QED) is 0.591. The van der Waals surface area contributed by atoms with Crippen molar-refractivity contribution < 1.29 is 14.3 Å². The molecule has 0 saturated carbocycles. The monoisotopic (exact) mass is 402 g/mol. The molecular formula is C25H26N2O3. The van der Waals surface area contributed by atoms with E-state index in [1.54, 1.807) is 31.2 Å². The van der Waals surface area contributed by atoms with Gasteiger partial charge in [-0.05, 0) is 56.2 Å². The van der Waals surface area contributed by atoms with E-state index in [2.05, 4.69) is 10.6 Å². The Kier molecular flexibility index (Phi) is 6.86. The highest BCUT2D eigenvalue weighted by Gasteiger charge is 2.19.